The van der Waals surface area contributed by atoms with Crippen LogP contribution < -0.4 is 16.3 Å². The van der Waals surface area contributed by atoms with Crippen LogP contribution >= 0.6 is 46.4 Å². The van der Waals surface area contributed by atoms with Gasteiger partial charge >= 0.3 is 23.4 Å². The first kappa shape index (κ1) is 26.2. The zero-order valence-electron chi connectivity index (χ0n) is 19.0. The Morgan fingerprint density at radius 1 is 0.944 bits per heavy atom. The van der Waals surface area contributed by atoms with Crippen molar-refractivity contribution in [1.82, 2.24) is 14.2 Å². The second-order valence-corrected chi connectivity index (χ2v) is 9.97. The van der Waals surface area contributed by atoms with Gasteiger partial charge in [0, 0.05) is 5.69 Å². The first-order chi connectivity index (χ1) is 16.9. The van der Waals surface area contributed by atoms with E-state index in [1.807, 2.05) is 0 Å². The number of carbonyl (C=O) groups is 2. The molecule has 14 heteroatoms. The summed E-state index contributed by atoms with van der Waals surface area (Å²) in [7, 11) is 1.19. The maximum Gasteiger partial charge on any atom is 0.447 e. The number of rotatable bonds is 5. The predicted molar refractivity (Wildman–Crippen MR) is 135 cm³/mol. The summed E-state index contributed by atoms with van der Waals surface area (Å²) in [5.41, 5.74) is -1.80. The molecule has 0 radical (unpaired) electrons. The lowest BCUT2D eigenvalue weighted by atomic mass is 10.0. The molecule has 0 saturated carbocycles. The second kappa shape index (κ2) is 9.51. The van der Waals surface area contributed by atoms with Crippen molar-refractivity contribution in [2.75, 3.05) is 18.6 Å². The largest absolute Gasteiger partial charge is 0.468 e. The number of halogens is 4. The minimum atomic E-state index is -1.26. The fraction of sp³-hybridized carbons (Fsp3) is 0.273. The molecule has 1 fully saturated rings. The van der Waals surface area contributed by atoms with E-state index in [0.717, 1.165) is 9.31 Å². The fourth-order valence-corrected chi connectivity index (χ4v) is 4.60. The van der Waals surface area contributed by atoms with Gasteiger partial charge in [0.15, 0.2) is 6.17 Å². The molecule has 1 atom stereocenters. The molecule has 2 heterocycles. The number of carbonyl (C=O) groups excluding carboxylic acids is 2. The quantitative estimate of drug-likeness (QED) is 0.412. The standard InChI is InChI=1S/C22H18Cl4N4O6/c1-22(2)18(30-20(33)29(21(34)36-30)12-5-7-14(24)16(26)9-12)28(11-4-6-13(23)15(25)8-11)19(32)27(22)10-17(31)35-3/h4-9,18H,10H2,1-3H3/t18-/m1/s1. The van der Waals surface area contributed by atoms with E-state index >= 15 is 0 Å². The minimum Gasteiger partial charge on any atom is -0.468 e. The number of hydrogen-bond acceptors (Lipinski definition) is 6. The number of aromatic nitrogens is 2. The first-order valence-electron chi connectivity index (χ1n) is 10.3. The minimum absolute atomic E-state index is 0.108. The molecule has 4 rings (SSSR count). The van der Waals surface area contributed by atoms with E-state index in [9.17, 15) is 19.2 Å². The molecule has 2 aromatic carbocycles. The molecule has 190 valence electrons. The smallest absolute Gasteiger partial charge is 0.447 e. The summed E-state index contributed by atoms with van der Waals surface area (Å²) in [5.74, 6) is -1.71. The van der Waals surface area contributed by atoms with Gasteiger partial charge in [-0.1, -0.05) is 46.4 Å². The highest BCUT2D eigenvalue weighted by Gasteiger charge is 2.56. The van der Waals surface area contributed by atoms with E-state index in [4.69, 9.17) is 55.7 Å². The van der Waals surface area contributed by atoms with Crippen LogP contribution in [0.2, 0.25) is 20.1 Å². The third-order valence-corrected chi connectivity index (χ3v) is 7.31. The highest BCUT2D eigenvalue weighted by atomic mass is 35.5. The normalized spacial score (nSPS) is 17.1. The van der Waals surface area contributed by atoms with E-state index in [1.54, 1.807) is 13.8 Å². The van der Waals surface area contributed by atoms with Gasteiger partial charge in [-0.25, -0.2) is 14.4 Å². The van der Waals surface area contributed by atoms with Gasteiger partial charge in [0.05, 0.1) is 38.4 Å². The molecule has 36 heavy (non-hydrogen) atoms. The summed E-state index contributed by atoms with van der Waals surface area (Å²) in [6, 6.07) is 7.91. The van der Waals surface area contributed by atoms with Crippen molar-refractivity contribution in [1.29, 1.82) is 0 Å². The van der Waals surface area contributed by atoms with Crippen molar-refractivity contribution in [2.45, 2.75) is 25.6 Å². The van der Waals surface area contributed by atoms with Crippen LogP contribution in [0.4, 0.5) is 10.5 Å². The molecular formula is C22H18Cl4N4O6. The van der Waals surface area contributed by atoms with Gasteiger partial charge in [0.2, 0.25) is 0 Å². The zero-order valence-corrected chi connectivity index (χ0v) is 22.0. The number of amides is 2. The number of nitrogens with zero attached hydrogens (tertiary/aromatic N) is 4. The molecule has 0 N–H and O–H groups in total. The van der Waals surface area contributed by atoms with Crippen LogP contribution in [0.5, 0.6) is 0 Å². The van der Waals surface area contributed by atoms with Crippen LogP contribution in [0, 0.1) is 0 Å². The van der Waals surface area contributed by atoms with E-state index < -0.39 is 41.7 Å². The Kier molecular flexibility index (Phi) is 6.91. The van der Waals surface area contributed by atoms with E-state index in [0.29, 0.717) is 0 Å². The number of hydrogen-bond donors (Lipinski definition) is 0. The Labute approximate surface area is 224 Å². The van der Waals surface area contributed by atoms with Crippen molar-refractivity contribution >= 4 is 64.1 Å². The van der Waals surface area contributed by atoms with Crippen LogP contribution in [0.15, 0.2) is 50.5 Å². The SMILES string of the molecule is COC(=O)CN1C(=O)N(c2ccc(Cl)c(Cl)c2)[C@H](n2oc(=O)n(-c3ccc(Cl)c(Cl)c3)c2=O)C1(C)C. The van der Waals surface area contributed by atoms with Crippen molar-refractivity contribution in [3.05, 3.63) is 77.5 Å². The molecule has 1 aliphatic rings. The average Bonchev–Trinajstić information content (AvgIpc) is 3.21. The maximum absolute atomic E-state index is 13.6. The number of urea groups is 1. The van der Waals surface area contributed by atoms with E-state index in [-0.39, 0.29) is 31.5 Å². The topological polar surface area (TPSA) is 107 Å². The lowest BCUT2D eigenvalue weighted by molar-refractivity contribution is -0.142. The zero-order chi connectivity index (χ0) is 26.5. The molecule has 0 unspecified atom stereocenters. The molecule has 1 saturated heterocycles. The Bertz CT molecular complexity index is 1490. The lowest BCUT2D eigenvalue weighted by Gasteiger charge is -2.33. The Balaban J connectivity index is 1.93. The number of esters is 1. The van der Waals surface area contributed by atoms with Crippen molar-refractivity contribution in [3.8, 4) is 5.69 Å². The first-order valence-corrected chi connectivity index (χ1v) is 11.8. The molecule has 0 bridgehead atoms. The van der Waals surface area contributed by atoms with E-state index in [2.05, 4.69) is 0 Å². The van der Waals surface area contributed by atoms with Crippen LogP contribution in [0.25, 0.3) is 5.69 Å². The van der Waals surface area contributed by atoms with Gasteiger partial charge in [0.1, 0.15) is 6.54 Å². The molecular weight excluding hydrogens is 558 g/mol. The Morgan fingerprint density at radius 3 is 2.06 bits per heavy atom. The van der Waals surface area contributed by atoms with Gasteiger partial charge in [-0.2, -0.15) is 4.57 Å². The van der Waals surface area contributed by atoms with Crippen molar-refractivity contribution in [3.63, 3.8) is 0 Å². The van der Waals surface area contributed by atoms with Gasteiger partial charge in [-0.05, 0) is 50.2 Å². The summed E-state index contributed by atoms with van der Waals surface area (Å²) in [6.45, 7) is 2.79. The third-order valence-electron chi connectivity index (χ3n) is 5.83. The molecule has 3 aromatic rings. The predicted octanol–water partition coefficient (Wildman–Crippen LogP) is 4.60. The summed E-state index contributed by atoms with van der Waals surface area (Å²) in [4.78, 5) is 54.4. The van der Waals surface area contributed by atoms with Crippen LogP contribution in [0.1, 0.15) is 20.0 Å². The molecule has 0 aliphatic carbocycles. The van der Waals surface area contributed by atoms with Crippen LogP contribution in [-0.2, 0) is 9.53 Å². The molecule has 1 aliphatic heterocycles. The highest BCUT2D eigenvalue weighted by molar-refractivity contribution is 6.42. The number of benzene rings is 2. The maximum atomic E-state index is 13.6. The summed E-state index contributed by atoms with van der Waals surface area (Å²) in [5, 5.41) is 0.728. The average molecular weight is 576 g/mol. The molecule has 1 aromatic heterocycles. The summed E-state index contributed by atoms with van der Waals surface area (Å²) < 4.78 is 11.6. The second-order valence-electron chi connectivity index (χ2n) is 8.34. The highest BCUT2D eigenvalue weighted by Crippen LogP contribution is 2.43. The third kappa shape index (κ3) is 4.28. The Morgan fingerprint density at radius 2 is 1.50 bits per heavy atom. The summed E-state index contributed by atoms with van der Waals surface area (Å²) in [6.07, 6.45) is -1.23. The Hall–Kier alpha value is -2.92. The number of ether oxygens (including phenoxy) is 1. The monoisotopic (exact) mass is 574 g/mol. The number of methoxy groups -OCH3 is 1. The molecule has 0 spiro atoms. The fourth-order valence-electron chi connectivity index (χ4n) is 4.02. The van der Waals surface area contributed by atoms with Crippen LogP contribution in [0.3, 0.4) is 0 Å². The summed E-state index contributed by atoms with van der Waals surface area (Å²) >= 11 is 24.3. The van der Waals surface area contributed by atoms with Crippen molar-refractivity contribution in [2.24, 2.45) is 0 Å². The molecule has 10 nitrogen and oxygen atoms in total. The molecule has 2 amide bonds. The van der Waals surface area contributed by atoms with Gasteiger partial charge in [0.25, 0.3) is 0 Å². The van der Waals surface area contributed by atoms with Gasteiger partial charge in [-0.3, -0.25) is 9.69 Å². The van der Waals surface area contributed by atoms with Gasteiger partial charge in [-0.15, -0.1) is 4.74 Å². The van der Waals surface area contributed by atoms with Crippen LogP contribution in [-0.4, -0.2) is 45.4 Å². The lowest BCUT2D eigenvalue weighted by Crippen LogP contribution is -2.48. The number of anilines is 1. The van der Waals surface area contributed by atoms with Gasteiger partial charge < -0.3 is 14.2 Å². The van der Waals surface area contributed by atoms with E-state index in [1.165, 1.54) is 53.3 Å². The van der Waals surface area contributed by atoms with Crippen molar-refractivity contribution < 1.29 is 18.8 Å².